The predicted molar refractivity (Wildman–Crippen MR) is 71.0 cm³/mol. The molecule has 17 heavy (non-hydrogen) atoms. The summed E-state index contributed by atoms with van der Waals surface area (Å²) in [6, 6.07) is 8.45. The van der Waals surface area contributed by atoms with E-state index >= 15 is 0 Å². The Balaban J connectivity index is 2.15. The SMILES string of the molecule is CCN1C=C(N)N=C(C2CC2)c2ccccc21. The Bertz CT molecular complexity index is 498. The molecule has 1 aromatic rings. The third-order valence-electron chi connectivity index (χ3n) is 3.33. The fraction of sp³-hybridized carbons (Fsp3) is 0.357. The van der Waals surface area contributed by atoms with E-state index in [1.54, 1.807) is 0 Å². The number of rotatable bonds is 2. The summed E-state index contributed by atoms with van der Waals surface area (Å²) >= 11 is 0. The number of aliphatic imine (C=N–C) groups is 1. The highest BCUT2D eigenvalue weighted by atomic mass is 15.1. The summed E-state index contributed by atoms with van der Waals surface area (Å²) in [6.45, 7) is 3.04. The van der Waals surface area contributed by atoms with E-state index in [0.29, 0.717) is 11.7 Å². The summed E-state index contributed by atoms with van der Waals surface area (Å²) in [5.41, 5.74) is 9.61. The maximum absolute atomic E-state index is 5.97. The van der Waals surface area contributed by atoms with E-state index in [2.05, 4.69) is 41.1 Å². The molecule has 88 valence electrons. The molecule has 1 aliphatic carbocycles. The smallest absolute Gasteiger partial charge is 0.140 e. The van der Waals surface area contributed by atoms with Crippen LogP contribution in [0, 0.1) is 5.92 Å². The highest BCUT2D eigenvalue weighted by Gasteiger charge is 2.31. The number of hydrogen-bond donors (Lipinski definition) is 1. The molecular formula is C14H17N3. The normalized spacial score (nSPS) is 19.2. The monoisotopic (exact) mass is 227 g/mol. The Hall–Kier alpha value is -1.77. The Morgan fingerprint density at radius 2 is 2.12 bits per heavy atom. The lowest BCUT2D eigenvalue weighted by molar-refractivity contribution is 0.998. The summed E-state index contributed by atoms with van der Waals surface area (Å²) in [5, 5.41) is 0. The van der Waals surface area contributed by atoms with Crippen LogP contribution >= 0.6 is 0 Å². The van der Waals surface area contributed by atoms with Gasteiger partial charge in [0.1, 0.15) is 5.82 Å². The minimum Gasteiger partial charge on any atom is -0.382 e. The molecule has 1 aromatic carbocycles. The average molecular weight is 227 g/mol. The summed E-state index contributed by atoms with van der Waals surface area (Å²) in [5.74, 6) is 1.23. The van der Waals surface area contributed by atoms with Gasteiger partial charge < -0.3 is 10.6 Å². The lowest BCUT2D eigenvalue weighted by Crippen LogP contribution is -2.18. The van der Waals surface area contributed by atoms with Gasteiger partial charge in [0.2, 0.25) is 0 Å². The van der Waals surface area contributed by atoms with Crippen molar-refractivity contribution in [1.82, 2.24) is 0 Å². The van der Waals surface area contributed by atoms with Gasteiger partial charge in [-0.15, -0.1) is 0 Å². The number of hydrogen-bond acceptors (Lipinski definition) is 3. The second kappa shape index (κ2) is 3.91. The molecular weight excluding hydrogens is 210 g/mol. The molecule has 0 spiro atoms. The zero-order valence-electron chi connectivity index (χ0n) is 10.1. The van der Waals surface area contributed by atoms with E-state index in [9.17, 15) is 0 Å². The highest BCUT2D eigenvalue weighted by Crippen LogP contribution is 2.37. The molecule has 3 nitrogen and oxygen atoms in total. The van der Waals surface area contributed by atoms with Gasteiger partial charge in [-0.2, -0.15) is 0 Å². The summed E-state index contributed by atoms with van der Waals surface area (Å²) in [6.07, 6.45) is 4.42. The van der Waals surface area contributed by atoms with Crippen molar-refractivity contribution in [2.45, 2.75) is 19.8 Å². The summed E-state index contributed by atoms with van der Waals surface area (Å²) in [4.78, 5) is 6.76. The molecule has 3 heteroatoms. The fourth-order valence-corrected chi connectivity index (χ4v) is 2.33. The van der Waals surface area contributed by atoms with Crippen LogP contribution in [0.1, 0.15) is 25.3 Å². The zero-order chi connectivity index (χ0) is 11.8. The third-order valence-corrected chi connectivity index (χ3v) is 3.33. The van der Waals surface area contributed by atoms with Crippen LogP contribution in [0.2, 0.25) is 0 Å². The van der Waals surface area contributed by atoms with Gasteiger partial charge in [0.25, 0.3) is 0 Å². The first-order chi connectivity index (χ1) is 8.29. The number of para-hydroxylation sites is 1. The molecule has 0 unspecified atom stereocenters. The molecule has 1 saturated carbocycles. The lowest BCUT2D eigenvalue weighted by Gasteiger charge is -2.20. The maximum atomic E-state index is 5.97. The molecule has 3 rings (SSSR count). The van der Waals surface area contributed by atoms with Crippen LogP contribution in [-0.4, -0.2) is 12.3 Å². The fourth-order valence-electron chi connectivity index (χ4n) is 2.33. The van der Waals surface area contributed by atoms with Crippen molar-refractivity contribution in [3.8, 4) is 0 Å². The van der Waals surface area contributed by atoms with Crippen molar-refractivity contribution in [1.29, 1.82) is 0 Å². The van der Waals surface area contributed by atoms with E-state index in [4.69, 9.17) is 5.73 Å². The van der Waals surface area contributed by atoms with Crippen LogP contribution in [0.3, 0.4) is 0 Å². The lowest BCUT2D eigenvalue weighted by atomic mass is 10.0. The van der Waals surface area contributed by atoms with Crippen LogP contribution in [0.15, 0.2) is 41.3 Å². The summed E-state index contributed by atoms with van der Waals surface area (Å²) in [7, 11) is 0. The van der Waals surface area contributed by atoms with Crippen LogP contribution in [0.25, 0.3) is 0 Å². The molecule has 1 heterocycles. The summed E-state index contributed by atoms with van der Waals surface area (Å²) < 4.78 is 0. The van der Waals surface area contributed by atoms with Crippen LogP contribution in [0.5, 0.6) is 0 Å². The number of fused-ring (bicyclic) bond motifs is 1. The molecule has 2 aliphatic rings. The van der Waals surface area contributed by atoms with E-state index < -0.39 is 0 Å². The topological polar surface area (TPSA) is 41.6 Å². The Kier molecular flexibility index (Phi) is 2.39. The number of nitrogens with two attached hydrogens (primary N) is 1. The number of nitrogens with zero attached hydrogens (tertiary/aromatic N) is 2. The van der Waals surface area contributed by atoms with Crippen molar-refractivity contribution >= 4 is 11.4 Å². The van der Waals surface area contributed by atoms with E-state index in [1.165, 1.54) is 29.8 Å². The minimum absolute atomic E-state index is 0.611. The molecule has 1 aliphatic heterocycles. The van der Waals surface area contributed by atoms with Gasteiger partial charge in [-0.3, -0.25) is 0 Å². The Labute approximate surface area is 102 Å². The van der Waals surface area contributed by atoms with Gasteiger partial charge in [-0.25, -0.2) is 4.99 Å². The van der Waals surface area contributed by atoms with Crippen molar-refractivity contribution in [3.05, 3.63) is 41.8 Å². The second-order valence-electron chi connectivity index (χ2n) is 4.63. The van der Waals surface area contributed by atoms with Crippen LogP contribution in [-0.2, 0) is 0 Å². The molecule has 1 fully saturated rings. The van der Waals surface area contributed by atoms with Gasteiger partial charge in [0.05, 0.1) is 5.71 Å². The Morgan fingerprint density at radius 3 is 2.82 bits per heavy atom. The maximum Gasteiger partial charge on any atom is 0.140 e. The highest BCUT2D eigenvalue weighted by molar-refractivity contribution is 6.08. The number of anilines is 1. The molecule has 0 amide bonds. The molecule has 0 radical (unpaired) electrons. The van der Waals surface area contributed by atoms with E-state index in [1.807, 2.05) is 6.20 Å². The van der Waals surface area contributed by atoms with Gasteiger partial charge in [-0.1, -0.05) is 18.2 Å². The van der Waals surface area contributed by atoms with Gasteiger partial charge >= 0.3 is 0 Å². The first-order valence-corrected chi connectivity index (χ1v) is 6.21. The van der Waals surface area contributed by atoms with Crippen molar-refractivity contribution in [2.24, 2.45) is 16.6 Å². The standard InChI is InChI=1S/C14H17N3/c1-2-17-9-13(15)16-14(10-7-8-10)11-5-3-4-6-12(11)17/h3-6,9-10H,2,7-8,15H2,1H3. The third kappa shape index (κ3) is 1.82. The van der Waals surface area contributed by atoms with Gasteiger partial charge in [0, 0.05) is 29.9 Å². The van der Waals surface area contributed by atoms with Gasteiger partial charge in [0.15, 0.2) is 0 Å². The molecule has 0 atom stereocenters. The molecule has 0 bridgehead atoms. The van der Waals surface area contributed by atoms with Crippen LogP contribution < -0.4 is 10.6 Å². The minimum atomic E-state index is 0.611. The van der Waals surface area contributed by atoms with E-state index in [0.717, 1.165) is 6.54 Å². The zero-order valence-corrected chi connectivity index (χ0v) is 10.1. The Morgan fingerprint density at radius 1 is 1.35 bits per heavy atom. The average Bonchev–Trinajstić information content (AvgIpc) is 3.16. The second-order valence-corrected chi connectivity index (χ2v) is 4.63. The van der Waals surface area contributed by atoms with Crippen LogP contribution in [0.4, 0.5) is 5.69 Å². The van der Waals surface area contributed by atoms with Crippen molar-refractivity contribution < 1.29 is 0 Å². The first kappa shape index (κ1) is 10.4. The largest absolute Gasteiger partial charge is 0.382 e. The first-order valence-electron chi connectivity index (χ1n) is 6.21. The molecule has 2 N–H and O–H groups in total. The van der Waals surface area contributed by atoms with Crippen molar-refractivity contribution in [2.75, 3.05) is 11.4 Å². The number of benzene rings is 1. The van der Waals surface area contributed by atoms with Crippen molar-refractivity contribution in [3.63, 3.8) is 0 Å². The predicted octanol–water partition coefficient (Wildman–Crippen LogP) is 2.48. The van der Waals surface area contributed by atoms with E-state index in [-0.39, 0.29) is 0 Å². The van der Waals surface area contributed by atoms with Gasteiger partial charge in [-0.05, 0) is 25.8 Å². The quantitative estimate of drug-likeness (QED) is 0.843. The molecule has 0 aromatic heterocycles. The molecule has 0 saturated heterocycles.